The van der Waals surface area contributed by atoms with Gasteiger partial charge in [-0.05, 0) is 55.9 Å². The third-order valence-electron chi connectivity index (χ3n) is 4.80. The first-order valence-electron chi connectivity index (χ1n) is 8.20. The van der Waals surface area contributed by atoms with Gasteiger partial charge in [0.1, 0.15) is 6.04 Å². The van der Waals surface area contributed by atoms with Gasteiger partial charge in [-0.3, -0.25) is 9.59 Å². The number of anilines is 1. The molecule has 1 aromatic rings. The summed E-state index contributed by atoms with van der Waals surface area (Å²) in [6.07, 6.45) is 4.79. The van der Waals surface area contributed by atoms with Crippen LogP contribution in [0.3, 0.4) is 0 Å². The van der Waals surface area contributed by atoms with Gasteiger partial charge in [-0.25, -0.2) is 0 Å². The van der Waals surface area contributed by atoms with Crippen molar-refractivity contribution in [3.63, 3.8) is 0 Å². The number of carbonyl (C=O) groups is 2. The van der Waals surface area contributed by atoms with Crippen molar-refractivity contribution in [1.82, 2.24) is 10.2 Å². The van der Waals surface area contributed by atoms with E-state index >= 15 is 0 Å². The van der Waals surface area contributed by atoms with Crippen molar-refractivity contribution >= 4 is 17.5 Å². The highest BCUT2D eigenvalue weighted by molar-refractivity contribution is 5.98. The summed E-state index contributed by atoms with van der Waals surface area (Å²) in [6.45, 7) is 1.61. The predicted octanol–water partition coefficient (Wildman–Crippen LogP) is 1.54. The van der Waals surface area contributed by atoms with Crippen LogP contribution >= 0.6 is 0 Å². The quantitative estimate of drug-likeness (QED) is 0.890. The van der Waals surface area contributed by atoms with E-state index in [0.29, 0.717) is 18.2 Å². The van der Waals surface area contributed by atoms with Crippen LogP contribution in [0, 0.1) is 0 Å². The molecule has 1 unspecified atom stereocenters. The third-order valence-corrected chi connectivity index (χ3v) is 4.80. The molecule has 2 aliphatic heterocycles. The fourth-order valence-corrected chi connectivity index (χ4v) is 3.41. The molecule has 1 aliphatic carbocycles. The molecule has 22 heavy (non-hydrogen) atoms. The zero-order chi connectivity index (χ0) is 15.1. The summed E-state index contributed by atoms with van der Waals surface area (Å²) in [4.78, 5) is 26.9. The summed E-state index contributed by atoms with van der Waals surface area (Å²) in [5.74, 6) is 0.0133. The zero-order valence-electron chi connectivity index (χ0n) is 12.6. The van der Waals surface area contributed by atoms with Crippen LogP contribution in [-0.2, 0) is 11.2 Å². The average molecular weight is 299 g/mol. The summed E-state index contributed by atoms with van der Waals surface area (Å²) in [5, 5.41) is 6.33. The average Bonchev–Trinajstić information content (AvgIpc) is 3.05. The van der Waals surface area contributed by atoms with E-state index in [1.165, 1.54) is 5.56 Å². The Morgan fingerprint density at radius 3 is 2.91 bits per heavy atom. The van der Waals surface area contributed by atoms with Crippen LogP contribution in [0.25, 0.3) is 0 Å². The first kappa shape index (κ1) is 13.6. The number of carbonyl (C=O) groups excluding carboxylic acids is 2. The first-order chi connectivity index (χ1) is 10.7. The van der Waals surface area contributed by atoms with Crippen molar-refractivity contribution in [1.29, 1.82) is 0 Å². The molecule has 0 radical (unpaired) electrons. The van der Waals surface area contributed by atoms with Crippen LogP contribution in [0.4, 0.5) is 5.69 Å². The fourth-order valence-electron chi connectivity index (χ4n) is 3.41. The molecular weight excluding hydrogens is 278 g/mol. The molecule has 2 N–H and O–H groups in total. The standard InChI is InChI=1S/C17H21N3O2/c21-16(19-13-4-5-13)15-2-1-9-20(15)17(22)12-3-6-14-11(10-12)7-8-18-14/h3,6,10,13,15,18H,1-2,4-5,7-9H2,(H,19,21). The minimum Gasteiger partial charge on any atom is -0.384 e. The molecule has 5 nitrogen and oxygen atoms in total. The smallest absolute Gasteiger partial charge is 0.254 e. The van der Waals surface area contributed by atoms with Gasteiger partial charge in [0.05, 0.1) is 0 Å². The van der Waals surface area contributed by atoms with Gasteiger partial charge < -0.3 is 15.5 Å². The second kappa shape index (κ2) is 5.30. The lowest BCUT2D eigenvalue weighted by molar-refractivity contribution is -0.125. The Hall–Kier alpha value is -2.04. The fraction of sp³-hybridized carbons (Fsp3) is 0.529. The van der Waals surface area contributed by atoms with Crippen LogP contribution in [0.2, 0.25) is 0 Å². The minimum absolute atomic E-state index is 0.0110. The molecule has 0 aromatic heterocycles. The second-order valence-electron chi connectivity index (χ2n) is 6.49. The molecule has 4 rings (SSSR count). The Morgan fingerprint density at radius 2 is 2.09 bits per heavy atom. The van der Waals surface area contributed by atoms with E-state index in [1.54, 1.807) is 4.90 Å². The maximum Gasteiger partial charge on any atom is 0.254 e. The van der Waals surface area contributed by atoms with Gasteiger partial charge in [0.2, 0.25) is 5.91 Å². The molecule has 0 spiro atoms. The molecule has 1 saturated heterocycles. The Balaban J connectivity index is 1.52. The minimum atomic E-state index is -0.292. The van der Waals surface area contributed by atoms with Gasteiger partial charge in [-0.15, -0.1) is 0 Å². The van der Waals surface area contributed by atoms with E-state index in [-0.39, 0.29) is 17.9 Å². The zero-order valence-corrected chi connectivity index (χ0v) is 12.6. The number of rotatable bonds is 3. The first-order valence-corrected chi connectivity index (χ1v) is 8.20. The monoisotopic (exact) mass is 299 g/mol. The van der Waals surface area contributed by atoms with E-state index in [2.05, 4.69) is 10.6 Å². The normalized spacial score (nSPS) is 23.1. The van der Waals surface area contributed by atoms with Crippen molar-refractivity contribution in [3.8, 4) is 0 Å². The van der Waals surface area contributed by atoms with Gasteiger partial charge in [-0.2, -0.15) is 0 Å². The lowest BCUT2D eigenvalue weighted by atomic mass is 10.1. The second-order valence-corrected chi connectivity index (χ2v) is 6.49. The van der Waals surface area contributed by atoms with E-state index < -0.39 is 0 Å². The Bertz CT molecular complexity index is 624. The summed E-state index contributed by atoms with van der Waals surface area (Å²) < 4.78 is 0. The molecule has 2 heterocycles. The maximum absolute atomic E-state index is 12.8. The highest BCUT2D eigenvalue weighted by atomic mass is 16.2. The molecule has 1 atom stereocenters. The third kappa shape index (κ3) is 2.45. The predicted molar refractivity (Wildman–Crippen MR) is 83.9 cm³/mol. The number of nitrogens with one attached hydrogen (secondary N) is 2. The highest BCUT2D eigenvalue weighted by Gasteiger charge is 2.36. The molecule has 3 aliphatic rings. The topological polar surface area (TPSA) is 61.4 Å². The molecule has 5 heteroatoms. The number of hydrogen-bond acceptors (Lipinski definition) is 3. The molecule has 116 valence electrons. The number of nitrogens with zero attached hydrogens (tertiary/aromatic N) is 1. The highest BCUT2D eigenvalue weighted by Crippen LogP contribution is 2.27. The summed E-state index contributed by atoms with van der Waals surface area (Å²) >= 11 is 0. The van der Waals surface area contributed by atoms with Crippen molar-refractivity contribution in [3.05, 3.63) is 29.3 Å². The summed E-state index contributed by atoms with van der Waals surface area (Å²) in [6, 6.07) is 5.88. The number of likely N-dealkylation sites (tertiary alicyclic amines) is 1. The number of benzene rings is 1. The van der Waals surface area contributed by atoms with Gasteiger partial charge in [-0.1, -0.05) is 0 Å². The number of fused-ring (bicyclic) bond motifs is 1. The Morgan fingerprint density at radius 1 is 1.23 bits per heavy atom. The van der Waals surface area contributed by atoms with Crippen molar-refractivity contribution < 1.29 is 9.59 Å². The lowest BCUT2D eigenvalue weighted by Crippen LogP contribution is -2.46. The largest absolute Gasteiger partial charge is 0.384 e. The van der Waals surface area contributed by atoms with Gasteiger partial charge in [0.15, 0.2) is 0 Å². The molecule has 1 saturated carbocycles. The van der Waals surface area contributed by atoms with E-state index in [9.17, 15) is 9.59 Å². The summed E-state index contributed by atoms with van der Waals surface area (Å²) in [5.41, 5.74) is 3.03. The summed E-state index contributed by atoms with van der Waals surface area (Å²) in [7, 11) is 0. The van der Waals surface area contributed by atoms with E-state index in [4.69, 9.17) is 0 Å². The Kier molecular flexibility index (Phi) is 3.28. The van der Waals surface area contributed by atoms with Crippen molar-refractivity contribution in [2.75, 3.05) is 18.4 Å². The SMILES string of the molecule is O=C(NC1CC1)C1CCCN1C(=O)c1ccc2c(c1)CCN2. The van der Waals surface area contributed by atoms with Crippen LogP contribution in [0.15, 0.2) is 18.2 Å². The van der Waals surface area contributed by atoms with Gasteiger partial charge in [0.25, 0.3) is 5.91 Å². The number of hydrogen-bond donors (Lipinski definition) is 2. The van der Waals surface area contributed by atoms with Crippen LogP contribution in [-0.4, -0.2) is 41.9 Å². The maximum atomic E-state index is 12.8. The molecule has 2 amide bonds. The van der Waals surface area contributed by atoms with Crippen LogP contribution < -0.4 is 10.6 Å². The molecule has 0 bridgehead atoms. The van der Waals surface area contributed by atoms with Crippen molar-refractivity contribution in [2.24, 2.45) is 0 Å². The Labute approximate surface area is 130 Å². The molecule has 2 fully saturated rings. The number of amides is 2. The lowest BCUT2D eigenvalue weighted by Gasteiger charge is -2.24. The van der Waals surface area contributed by atoms with Crippen molar-refractivity contribution in [2.45, 2.75) is 44.2 Å². The van der Waals surface area contributed by atoms with E-state index in [0.717, 1.165) is 44.3 Å². The molecule has 1 aromatic carbocycles. The molecular formula is C17H21N3O2. The van der Waals surface area contributed by atoms with Crippen LogP contribution in [0.1, 0.15) is 41.6 Å². The van der Waals surface area contributed by atoms with Gasteiger partial charge in [0, 0.05) is 30.4 Å². The van der Waals surface area contributed by atoms with Gasteiger partial charge >= 0.3 is 0 Å². The van der Waals surface area contributed by atoms with E-state index in [1.807, 2.05) is 18.2 Å². The van der Waals surface area contributed by atoms with Crippen LogP contribution in [0.5, 0.6) is 0 Å².